The molecule has 1 aliphatic heterocycles. The van der Waals surface area contributed by atoms with Crippen LogP contribution in [0, 0.1) is 5.41 Å². The number of nitrogens with two attached hydrogens (primary N) is 1. The standard InChI is InChI=1S/C15H18Cl2N4O/c16-10-12-3-1-2-8-21(12)15(22)13-9-11(17)4-5-14(13)20-19-7-6-18/h4-7,9,12,18,20H,1-3,8,10H2/p+1/b18-6?,19-7-/t12-/m0/s1. The summed E-state index contributed by atoms with van der Waals surface area (Å²) >= 11 is 12.0. The van der Waals surface area contributed by atoms with E-state index in [0.29, 0.717) is 28.7 Å². The van der Waals surface area contributed by atoms with E-state index in [2.05, 4.69) is 5.10 Å². The summed E-state index contributed by atoms with van der Waals surface area (Å²) in [6, 6.07) is 5.21. The Labute approximate surface area is 139 Å². The van der Waals surface area contributed by atoms with E-state index in [0.717, 1.165) is 25.5 Å². The highest BCUT2D eigenvalue weighted by Crippen LogP contribution is 2.24. The number of halogens is 2. The van der Waals surface area contributed by atoms with Crippen molar-refractivity contribution in [2.75, 3.05) is 12.4 Å². The molecule has 0 saturated carbocycles. The van der Waals surface area contributed by atoms with Crippen molar-refractivity contribution in [2.24, 2.45) is 5.10 Å². The molecule has 0 unspecified atom stereocenters. The minimum absolute atomic E-state index is 0.0656. The fraction of sp³-hybridized carbons (Fsp3) is 0.400. The molecule has 1 fully saturated rings. The summed E-state index contributed by atoms with van der Waals surface area (Å²) in [6.45, 7) is 0.714. The lowest BCUT2D eigenvalue weighted by molar-refractivity contribution is -0.577. The molecule has 7 heteroatoms. The first-order valence-corrected chi connectivity index (χ1v) is 8.10. The third-order valence-electron chi connectivity index (χ3n) is 3.69. The van der Waals surface area contributed by atoms with Crippen LogP contribution >= 0.6 is 23.2 Å². The zero-order valence-electron chi connectivity index (χ0n) is 12.1. The molecule has 3 N–H and O–H groups in total. The predicted octanol–water partition coefficient (Wildman–Crippen LogP) is 2.40. The molecule has 0 bridgehead atoms. The molecular formula is C15H19Cl2N4O+. The Morgan fingerprint density at radius 2 is 2.32 bits per heavy atom. The highest BCUT2D eigenvalue weighted by atomic mass is 35.5. The topological polar surface area (TPSA) is 73.1 Å². The first-order valence-electron chi connectivity index (χ1n) is 7.19. The van der Waals surface area contributed by atoms with Gasteiger partial charge in [0.25, 0.3) is 5.91 Å². The molecular weight excluding hydrogens is 323 g/mol. The smallest absolute Gasteiger partial charge is 0.260 e. The number of carbonyl (C=O) groups excluding carboxylic acids is 1. The first-order chi connectivity index (χ1) is 10.7. The van der Waals surface area contributed by atoms with E-state index in [-0.39, 0.29) is 11.9 Å². The van der Waals surface area contributed by atoms with Crippen LogP contribution in [0.4, 0.5) is 5.69 Å². The van der Waals surface area contributed by atoms with E-state index >= 15 is 0 Å². The Morgan fingerprint density at radius 1 is 1.50 bits per heavy atom. The molecule has 0 aliphatic carbocycles. The van der Waals surface area contributed by atoms with E-state index in [1.165, 1.54) is 6.21 Å². The first kappa shape index (κ1) is 16.9. The molecule has 0 aromatic heterocycles. The van der Waals surface area contributed by atoms with Gasteiger partial charge in [0.2, 0.25) is 0 Å². The fourth-order valence-electron chi connectivity index (χ4n) is 2.58. The SMILES string of the molecule is N=C/C=N\[NH2+]c1ccc(Cl)cc1C(=O)N1CCCC[C@H]1CCl. The quantitative estimate of drug-likeness (QED) is 0.279. The zero-order valence-corrected chi connectivity index (χ0v) is 13.6. The summed E-state index contributed by atoms with van der Waals surface area (Å²) in [5.41, 5.74) is 2.77. The number of hydrogen-bond acceptors (Lipinski definition) is 3. The molecule has 22 heavy (non-hydrogen) atoms. The molecule has 1 heterocycles. The van der Waals surface area contributed by atoms with Gasteiger partial charge < -0.3 is 10.3 Å². The molecule has 1 aromatic carbocycles. The van der Waals surface area contributed by atoms with Gasteiger partial charge in [0.1, 0.15) is 11.8 Å². The summed E-state index contributed by atoms with van der Waals surface area (Å²) in [7, 11) is 0. The molecule has 1 saturated heterocycles. The van der Waals surface area contributed by atoms with Crippen molar-refractivity contribution >= 4 is 47.2 Å². The monoisotopic (exact) mass is 341 g/mol. The Morgan fingerprint density at radius 3 is 3.05 bits per heavy atom. The van der Waals surface area contributed by atoms with E-state index in [9.17, 15) is 4.79 Å². The molecule has 5 nitrogen and oxygen atoms in total. The van der Waals surface area contributed by atoms with E-state index < -0.39 is 0 Å². The minimum atomic E-state index is -0.0656. The van der Waals surface area contributed by atoms with Crippen LogP contribution in [-0.2, 0) is 0 Å². The van der Waals surface area contributed by atoms with Crippen LogP contribution in [0.1, 0.15) is 29.6 Å². The van der Waals surface area contributed by atoms with Gasteiger partial charge in [-0.25, -0.2) is 0 Å². The van der Waals surface area contributed by atoms with Gasteiger partial charge in [-0.3, -0.25) is 4.79 Å². The summed E-state index contributed by atoms with van der Waals surface area (Å²) in [4.78, 5) is 14.7. The number of rotatable bonds is 5. The third-order valence-corrected chi connectivity index (χ3v) is 4.28. The fourth-order valence-corrected chi connectivity index (χ4v) is 3.07. The Bertz CT molecular complexity index is 577. The van der Waals surface area contributed by atoms with Crippen LogP contribution in [0.2, 0.25) is 5.02 Å². The number of benzene rings is 1. The van der Waals surface area contributed by atoms with Gasteiger partial charge in [-0.1, -0.05) is 16.7 Å². The normalized spacial score (nSPS) is 18.6. The largest absolute Gasteiger partial charge is 0.334 e. The van der Waals surface area contributed by atoms with Crippen LogP contribution in [0.5, 0.6) is 0 Å². The van der Waals surface area contributed by atoms with E-state index in [1.54, 1.807) is 23.6 Å². The number of carbonyl (C=O) groups is 1. The lowest BCUT2D eigenvalue weighted by atomic mass is 10.0. The molecule has 1 atom stereocenters. The Balaban J connectivity index is 2.28. The van der Waals surface area contributed by atoms with Crippen molar-refractivity contribution in [3.8, 4) is 0 Å². The Hall–Kier alpha value is -1.43. The van der Waals surface area contributed by atoms with Gasteiger partial charge in [0, 0.05) is 35.8 Å². The van der Waals surface area contributed by atoms with Crippen molar-refractivity contribution in [3.05, 3.63) is 28.8 Å². The highest BCUT2D eigenvalue weighted by Gasteiger charge is 2.29. The third kappa shape index (κ3) is 4.06. The van der Waals surface area contributed by atoms with Gasteiger partial charge in [-0.05, 0) is 31.4 Å². The van der Waals surface area contributed by atoms with Gasteiger partial charge in [-0.2, -0.15) is 5.43 Å². The van der Waals surface area contributed by atoms with Crippen molar-refractivity contribution in [3.63, 3.8) is 0 Å². The maximum absolute atomic E-state index is 12.9. The number of amides is 1. The van der Waals surface area contributed by atoms with Crippen LogP contribution < -0.4 is 5.43 Å². The Kier molecular flexibility index (Phi) is 6.36. The summed E-state index contributed by atoms with van der Waals surface area (Å²) in [5.74, 6) is 0.376. The zero-order chi connectivity index (χ0) is 15.9. The number of alkyl halides is 1. The lowest BCUT2D eigenvalue weighted by Crippen LogP contribution is -2.72. The van der Waals surface area contributed by atoms with Crippen molar-refractivity contribution in [1.29, 1.82) is 5.41 Å². The molecule has 0 spiro atoms. The van der Waals surface area contributed by atoms with Crippen LogP contribution in [0.3, 0.4) is 0 Å². The summed E-state index contributed by atoms with van der Waals surface area (Å²) < 4.78 is 0. The molecule has 0 radical (unpaired) electrons. The van der Waals surface area contributed by atoms with Crippen molar-refractivity contribution in [2.45, 2.75) is 25.3 Å². The number of likely N-dealkylation sites (tertiary alicyclic amines) is 1. The van der Waals surface area contributed by atoms with E-state index in [4.69, 9.17) is 28.6 Å². The minimum Gasteiger partial charge on any atom is -0.334 e. The van der Waals surface area contributed by atoms with Gasteiger partial charge in [-0.15, -0.1) is 11.6 Å². The number of nitrogens with zero attached hydrogens (tertiary/aromatic N) is 2. The highest BCUT2D eigenvalue weighted by molar-refractivity contribution is 6.31. The second-order valence-electron chi connectivity index (χ2n) is 5.13. The second-order valence-corrected chi connectivity index (χ2v) is 5.87. The maximum atomic E-state index is 12.9. The summed E-state index contributed by atoms with van der Waals surface area (Å²) in [6.07, 6.45) is 5.46. The van der Waals surface area contributed by atoms with Gasteiger partial charge >= 0.3 is 0 Å². The number of nitrogens with one attached hydrogen (secondary N) is 1. The molecule has 2 rings (SSSR count). The second kappa shape index (κ2) is 8.27. The van der Waals surface area contributed by atoms with E-state index in [1.807, 2.05) is 4.90 Å². The lowest BCUT2D eigenvalue weighted by Gasteiger charge is -2.34. The average Bonchev–Trinajstić information content (AvgIpc) is 2.55. The molecule has 1 amide bonds. The number of quaternary nitrogens is 1. The maximum Gasteiger partial charge on any atom is 0.260 e. The van der Waals surface area contributed by atoms with Crippen molar-refractivity contribution < 1.29 is 10.2 Å². The summed E-state index contributed by atoms with van der Waals surface area (Å²) in [5, 5.41) is 11.4. The van der Waals surface area contributed by atoms with Crippen LogP contribution in [-0.4, -0.2) is 41.7 Å². The van der Waals surface area contributed by atoms with Crippen LogP contribution in [0.25, 0.3) is 0 Å². The number of piperidine rings is 1. The molecule has 1 aromatic rings. The number of hydrogen-bond donors (Lipinski definition) is 2. The van der Waals surface area contributed by atoms with Gasteiger partial charge in [0.05, 0.1) is 0 Å². The van der Waals surface area contributed by atoms with Gasteiger partial charge in [0.15, 0.2) is 5.69 Å². The van der Waals surface area contributed by atoms with Crippen molar-refractivity contribution in [1.82, 2.24) is 4.90 Å². The average molecular weight is 342 g/mol. The van der Waals surface area contributed by atoms with Crippen LogP contribution in [0.15, 0.2) is 23.3 Å². The molecule has 118 valence electrons. The molecule has 1 aliphatic rings. The predicted molar refractivity (Wildman–Crippen MR) is 89.7 cm³/mol.